The number of ether oxygens (including phenoxy) is 3. The summed E-state index contributed by atoms with van der Waals surface area (Å²) >= 11 is 0. The molecule has 0 amide bonds. The van der Waals surface area contributed by atoms with Gasteiger partial charge in [0.1, 0.15) is 12.2 Å². The fraction of sp³-hybridized carbons (Fsp3) is 0.680. The molecule has 0 aromatic heterocycles. The molecule has 1 fully saturated rings. The van der Waals surface area contributed by atoms with Gasteiger partial charge in [-0.2, -0.15) is 0 Å². The van der Waals surface area contributed by atoms with Crippen molar-refractivity contribution in [3.05, 3.63) is 35.9 Å². The molecule has 2 rings (SSSR count). The Balaban J connectivity index is 1.43. The van der Waals surface area contributed by atoms with E-state index in [1.54, 1.807) is 0 Å². The first kappa shape index (κ1) is 26.3. The van der Waals surface area contributed by atoms with Gasteiger partial charge in [-0.25, -0.2) is 0 Å². The Bertz CT molecular complexity index is 667. The fourth-order valence-electron chi connectivity index (χ4n) is 3.50. The van der Waals surface area contributed by atoms with Crippen LogP contribution in [0.1, 0.15) is 52.0 Å². The maximum absolute atomic E-state index is 11.9. The molecule has 0 spiro atoms. The SMILES string of the molecule is CC(C)(C)OC(=O)CCCOCCN1CCN(CCCC(=O)OCc2ccccc2)CC1. The number of benzene rings is 1. The van der Waals surface area contributed by atoms with E-state index in [4.69, 9.17) is 14.2 Å². The number of carbonyl (C=O) groups is 2. The number of rotatable bonds is 13. The van der Waals surface area contributed by atoms with Crippen LogP contribution in [-0.2, 0) is 30.4 Å². The molecule has 0 radical (unpaired) electrons. The summed E-state index contributed by atoms with van der Waals surface area (Å²) in [6.45, 7) is 13.1. The van der Waals surface area contributed by atoms with Crippen LogP contribution in [-0.4, -0.2) is 79.8 Å². The molecule has 180 valence electrons. The van der Waals surface area contributed by atoms with Crippen molar-refractivity contribution in [3.63, 3.8) is 0 Å². The second-order valence-electron chi connectivity index (χ2n) is 9.24. The van der Waals surface area contributed by atoms with E-state index >= 15 is 0 Å². The number of piperazine rings is 1. The van der Waals surface area contributed by atoms with Gasteiger partial charge in [-0.05, 0) is 45.7 Å². The standard InChI is InChI=1S/C25H40N2O5/c1-25(2,3)32-24(29)12-8-19-30-20-18-27-16-14-26(15-17-27)13-7-11-23(28)31-21-22-9-5-4-6-10-22/h4-6,9-10H,7-8,11-21H2,1-3H3. The monoisotopic (exact) mass is 448 g/mol. The maximum Gasteiger partial charge on any atom is 0.306 e. The first-order valence-electron chi connectivity index (χ1n) is 11.8. The number of hydrogen-bond donors (Lipinski definition) is 0. The largest absolute Gasteiger partial charge is 0.461 e. The van der Waals surface area contributed by atoms with Crippen molar-refractivity contribution in [3.8, 4) is 0 Å². The van der Waals surface area contributed by atoms with E-state index in [1.807, 2.05) is 51.1 Å². The molecule has 1 aromatic carbocycles. The van der Waals surface area contributed by atoms with Crippen molar-refractivity contribution >= 4 is 11.9 Å². The molecule has 1 aliphatic rings. The van der Waals surface area contributed by atoms with Gasteiger partial charge in [0.2, 0.25) is 0 Å². The first-order chi connectivity index (χ1) is 15.3. The maximum atomic E-state index is 11.9. The van der Waals surface area contributed by atoms with Gasteiger partial charge in [0, 0.05) is 52.2 Å². The summed E-state index contributed by atoms with van der Waals surface area (Å²) < 4.78 is 16.3. The summed E-state index contributed by atoms with van der Waals surface area (Å²) in [6, 6.07) is 9.76. The number of carbonyl (C=O) groups excluding carboxylic acids is 2. The molecule has 1 saturated heterocycles. The average Bonchev–Trinajstić information content (AvgIpc) is 2.75. The Hall–Kier alpha value is -1.96. The van der Waals surface area contributed by atoms with Crippen LogP contribution < -0.4 is 0 Å². The predicted octanol–water partition coefficient (Wildman–Crippen LogP) is 3.27. The van der Waals surface area contributed by atoms with Gasteiger partial charge < -0.3 is 19.1 Å². The lowest BCUT2D eigenvalue weighted by atomic mass is 10.2. The van der Waals surface area contributed by atoms with E-state index in [2.05, 4.69) is 9.80 Å². The second kappa shape index (κ2) is 14.2. The van der Waals surface area contributed by atoms with Crippen LogP contribution in [0.3, 0.4) is 0 Å². The molecular weight excluding hydrogens is 408 g/mol. The Morgan fingerprint density at radius 3 is 2.12 bits per heavy atom. The van der Waals surface area contributed by atoms with E-state index in [9.17, 15) is 9.59 Å². The summed E-state index contributed by atoms with van der Waals surface area (Å²) in [7, 11) is 0. The molecule has 1 aromatic rings. The van der Waals surface area contributed by atoms with Gasteiger partial charge in [-0.15, -0.1) is 0 Å². The highest BCUT2D eigenvalue weighted by atomic mass is 16.6. The second-order valence-corrected chi connectivity index (χ2v) is 9.24. The van der Waals surface area contributed by atoms with Gasteiger partial charge >= 0.3 is 11.9 Å². The minimum atomic E-state index is -0.425. The highest BCUT2D eigenvalue weighted by molar-refractivity contribution is 5.69. The lowest BCUT2D eigenvalue weighted by Crippen LogP contribution is -2.47. The molecule has 0 saturated carbocycles. The zero-order valence-corrected chi connectivity index (χ0v) is 20.0. The highest BCUT2D eigenvalue weighted by Crippen LogP contribution is 2.09. The Kier molecular flexibility index (Phi) is 11.7. The Labute approximate surface area is 193 Å². The van der Waals surface area contributed by atoms with Crippen LogP contribution in [0.2, 0.25) is 0 Å². The van der Waals surface area contributed by atoms with Crippen LogP contribution >= 0.6 is 0 Å². The molecule has 1 heterocycles. The van der Waals surface area contributed by atoms with Crippen molar-refractivity contribution in [2.75, 3.05) is 52.5 Å². The van der Waals surface area contributed by atoms with Crippen LogP contribution in [0.4, 0.5) is 0 Å². The summed E-state index contributed by atoms with van der Waals surface area (Å²) in [4.78, 5) is 28.4. The first-order valence-corrected chi connectivity index (χ1v) is 11.8. The molecule has 1 aliphatic heterocycles. The molecule has 0 atom stereocenters. The van der Waals surface area contributed by atoms with E-state index in [0.29, 0.717) is 39.1 Å². The van der Waals surface area contributed by atoms with E-state index < -0.39 is 5.60 Å². The van der Waals surface area contributed by atoms with Crippen molar-refractivity contribution in [1.82, 2.24) is 9.80 Å². The minimum Gasteiger partial charge on any atom is -0.461 e. The van der Waals surface area contributed by atoms with Gasteiger partial charge in [0.05, 0.1) is 6.61 Å². The number of hydrogen-bond acceptors (Lipinski definition) is 7. The molecular formula is C25H40N2O5. The number of nitrogens with zero attached hydrogens (tertiary/aromatic N) is 2. The van der Waals surface area contributed by atoms with Crippen LogP contribution in [0.5, 0.6) is 0 Å². The predicted molar refractivity (Wildman–Crippen MR) is 124 cm³/mol. The molecule has 32 heavy (non-hydrogen) atoms. The zero-order chi connectivity index (χ0) is 23.2. The average molecular weight is 449 g/mol. The summed E-state index contributed by atoms with van der Waals surface area (Å²) in [5.41, 5.74) is 0.593. The zero-order valence-electron chi connectivity index (χ0n) is 20.0. The number of esters is 2. The topological polar surface area (TPSA) is 68.3 Å². The smallest absolute Gasteiger partial charge is 0.306 e. The third-order valence-electron chi connectivity index (χ3n) is 5.20. The summed E-state index contributed by atoms with van der Waals surface area (Å²) in [5.74, 6) is -0.294. The summed E-state index contributed by atoms with van der Waals surface area (Å²) in [5, 5.41) is 0. The van der Waals surface area contributed by atoms with Gasteiger partial charge in [0.15, 0.2) is 0 Å². The highest BCUT2D eigenvalue weighted by Gasteiger charge is 2.17. The Morgan fingerprint density at radius 2 is 1.47 bits per heavy atom. The van der Waals surface area contributed by atoms with Gasteiger partial charge in [-0.1, -0.05) is 30.3 Å². The Morgan fingerprint density at radius 1 is 0.844 bits per heavy atom. The van der Waals surface area contributed by atoms with Crippen LogP contribution in [0.25, 0.3) is 0 Å². The lowest BCUT2D eigenvalue weighted by molar-refractivity contribution is -0.155. The molecule has 7 nitrogen and oxygen atoms in total. The van der Waals surface area contributed by atoms with Crippen molar-refractivity contribution in [2.45, 2.75) is 58.7 Å². The van der Waals surface area contributed by atoms with E-state index in [-0.39, 0.29) is 11.9 Å². The molecule has 0 unspecified atom stereocenters. The molecule has 0 aliphatic carbocycles. The molecule has 7 heteroatoms. The summed E-state index contributed by atoms with van der Waals surface area (Å²) in [6.07, 6.45) is 2.38. The van der Waals surface area contributed by atoms with E-state index in [0.717, 1.165) is 51.3 Å². The fourth-order valence-corrected chi connectivity index (χ4v) is 3.50. The van der Waals surface area contributed by atoms with Crippen LogP contribution in [0, 0.1) is 0 Å². The third kappa shape index (κ3) is 12.2. The van der Waals surface area contributed by atoms with Gasteiger partial charge in [-0.3, -0.25) is 14.5 Å². The van der Waals surface area contributed by atoms with Crippen molar-refractivity contribution in [2.24, 2.45) is 0 Å². The molecule has 0 N–H and O–H groups in total. The normalized spacial score (nSPS) is 15.5. The quantitative estimate of drug-likeness (QED) is 0.339. The van der Waals surface area contributed by atoms with E-state index in [1.165, 1.54) is 0 Å². The third-order valence-corrected chi connectivity index (χ3v) is 5.20. The van der Waals surface area contributed by atoms with Gasteiger partial charge in [0.25, 0.3) is 0 Å². The minimum absolute atomic E-state index is 0.128. The van der Waals surface area contributed by atoms with Crippen molar-refractivity contribution < 1.29 is 23.8 Å². The lowest BCUT2D eigenvalue weighted by Gasteiger charge is -2.34. The van der Waals surface area contributed by atoms with Crippen molar-refractivity contribution in [1.29, 1.82) is 0 Å². The van der Waals surface area contributed by atoms with Crippen LogP contribution in [0.15, 0.2) is 30.3 Å². The molecule has 0 bridgehead atoms.